The topological polar surface area (TPSA) is 72.5 Å². The van der Waals surface area contributed by atoms with E-state index in [1.165, 1.54) is 19.2 Å². The molecule has 1 aromatic heterocycles. The van der Waals surface area contributed by atoms with E-state index in [-0.39, 0.29) is 15.5 Å². The van der Waals surface area contributed by atoms with Crippen LogP contribution in [-0.4, -0.2) is 21.5 Å². The lowest BCUT2D eigenvalue weighted by Gasteiger charge is -2.10. The predicted octanol–water partition coefficient (Wildman–Crippen LogP) is 3.86. The molecule has 0 saturated heterocycles. The van der Waals surface area contributed by atoms with Gasteiger partial charge in [0.05, 0.1) is 12.8 Å². The van der Waals surface area contributed by atoms with Gasteiger partial charge in [0.25, 0.3) is 10.0 Å². The van der Waals surface area contributed by atoms with E-state index in [1.54, 1.807) is 17.5 Å². The first-order valence-corrected chi connectivity index (χ1v) is 9.43. The number of rotatable bonds is 4. The van der Waals surface area contributed by atoms with E-state index < -0.39 is 16.0 Å². The van der Waals surface area contributed by atoms with E-state index in [2.05, 4.69) is 41.3 Å². The van der Waals surface area contributed by atoms with Crippen molar-refractivity contribution in [2.75, 3.05) is 11.8 Å². The molecule has 0 aliphatic carbocycles. The lowest BCUT2D eigenvalue weighted by atomic mass is 10.4. The number of esters is 1. The zero-order valence-electron chi connectivity index (χ0n) is 10.6. The van der Waals surface area contributed by atoms with Crippen molar-refractivity contribution < 1.29 is 17.9 Å². The molecule has 1 aromatic carbocycles. The van der Waals surface area contributed by atoms with Gasteiger partial charge in [-0.2, -0.15) is 0 Å². The smallest absolute Gasteiger partial charge is 0.350 e. The van der Waals surface area contributed by atoms with Crippen LogP contribution in [0.15, 0.2) is 43.5 Å². The summed E-state index contributed by atoms with van der Waals surface area (Å²) in [5.74, 6) is -0.587. The van der Waals surface area contributed by atoms with Crippen molar-refractivity contribution in [3.63, 3.8) is 0 Å². The van der Waals surface area contributed by atoms with Crippen LogP contribution >= 0.6 is 43.2 Å². The maximum absolute atomic E-state index is 12.4. The molecule has 0 saturated carbocycles. The van der Waals surface area contributed by atoms with Crippen LogP contribution in [0.5, 0.6) is 0 Å². The van der Waals surface area contributed by atoms with Gasteiger partial charge in [-0.3, -0.25) is 4.72 Å². The second-order valence-corrected chi connectivity index (χ2v) is 8.17. The molecule has 0 unspecified atom stereocenters. The fraction of sp³-hybridized carbons (Fsp3) is 0.0833. The molecule has 5 nitrogen and oxygen atoms in total. The Morgan fingerprint density at radius 1 is 1.29 bits per heavy atom. The van der Waals surface area contributed by atoms with Gasteiger partial charge in [-0.25, -0.2) is 13.2 Å². The van der Waals surface area contributed by atoms with Gasteiger partial charge in [0.2, 0.25) is 0 Å². The van der Waals surface area contributed by atoms with Crippen LogP contribution in [0, 0.1) is 0 Å². The predicted molar refractivity (Wildman–Crippen MR) is 88.3 cm³/mol. The Kier molecular flexibility index (Phi) is 5.07. The molecular formula is C12H9Br2NO4S2. The normalized spacial score (nSPS) is 11.2. The van der Waals surface area contributed by atoms with Crippen molar-refractivity contribution >= 4 is 64.9 Å². The standard InChI is InChI=1S/C12H9Br2NO4S2/c1-19-12(16)11-9(4-5-20-11)15-21(17,18)10-6-7(13)2-3-8(10)14/h2-6,15H,1H3. The van der Waals surface area contributed by atoms with E-state index in [0.29, 0.717) is 8.95 Å². The van der Waals surface area contributed by atoms with E-state index >= 15 is 0 Å². The number of nitrogens with one attached hydrogen (secondary N) is 1. The van der Waals surface area contributed by atoms with Crippen molar-refractivity contribution in [2.45, 2.75) is 4.90 Å². The zero-order valence-corrected chi connectivity index (χ0v) is 15.4. The van der Waals surface area contributed by atoms with Crippen molar-refractivity contribution in [3.8, 4) is 0 Å². The summed E-state index contributed by atoms with van der Waals surface area (Å²) in [6.07, 6.45) is 0. The summed E-state index contributed by atoms with van der Waals surface area (Å²) in [7, 11) is -2.59. The zero-order chi connectivity index (χ0) is 15.6. The first-order valence-electron chi connectivity index (χ1n) is 5.49. The number of hydrogen-bond acceptors (Lipinski definition) is 5. The fourth-order valence-corrected chi connectivity index (χ4v) is 4.93. The van der Waals surface area contributed by atoms with E-state index in [9.17, 15) is 13.2 Å². The Morgan fingerprint density at radius 2 is 2.00 bits per heavy atom. The molecule has 0 amide bonds. The monoisotopic (exact) mass is 453 g/mol. The molecule has 112 valence electrons. The highest BCUT2D eigenvalue weighted by Crippen LogP contribution is 2.30. The third-order valence-electron chi connectivity index (χ3n) is 2.46. The lowest BCUT2D eigenvalue weighted by molar-refractivity contribution is 0.0607. The summed E-state index contributed by atoms with van der Waals surface area (Å²) >= 11 is 7.54. The van der Waals surface area contributed by atoms with Gasteiger partial charge >= 0.3 is 5.97 Å². The van der Waals surface area contributed by atoms with Gasteiger partial charge in [-0.1, -0.05) is 15.9 Å². The van der Waals surface area contributed by atoms with Crippen LogP contribution in [0.2, 0.25) is 0 Å². The van der Waals surface area contributed by atoms with Crippen LogP contribution in [0.4, 0.5) is 5.69 Å². The lowest BCUT2D eigenvalue weighted by Crippen LogP contribution is -2.15. The Hall–Kier alpha value is -0.900. The molecule has 0 aliphatic heterocycles. The Labute approximate surface area is 142 Å². The highest BCUT2D eigenvalue weighted by Gasteiger charge is 2.22. The average molecular weight is 455 g/mol. The van der Waals surface area contributed by atoms with E-state index in [1.807, 2.05) is 0 Å². The molecule has 1 N–H and O–H groups in total. The van der Waals surface area contributed by atoms with Crippen LogP contribution in [-0.2, 0) is 14.8 Å². The number of halogens is 2. The van der Waals surface area contributed by atoms with Crippen LogP contribution in [0.1, 0.15) is 9.67 Å². The molecular weight excluding hydrogens is 446 g/mol. The number of carbonyl (C=O) groups excluding carboxylic acids is 1. The summed E-state index contributed by atoms with van der Waals surface area (Å²) < 4.78 is 32.9. The summed E-state index contributed by atoms with van der Waals surface area (Å²) in [6, 6.07) is 6.32. The maximum atomic E-state index is 12.4. The van der Waals surface area contributed by atoms with Gasteiger partial charge in [-0.05, 0) is 45.6 Å². The van der Waals surface area contributed by atoms with Crippen molar-refractivity contribution in [1.82, 2.24) is 0 Å². The van der Waals surface area contributed by atoms with E-state index in [4.69, 9.17) is 0 Å². The molecule has 9 heteroatoms. The van der Waals surface area contributed by atoms with Gasteiger partial charge in [-0.15, -0.1) is 11.3 Å². The molecule has 2 rings (SSSR count). The minimum absolute atomic E-state index is 0.0684. The molecule has 0 radical (unpaired) electrons. The number of ether oxygens (including phenoxy) is 1. The first kappa shape index (κ1) is 16.5. The number of carbonyl (C=O) groups is 1. The summed E-state index contributed by atoms with van der Waals surface area (Å²) in [4.78, 5) is 11.8. The summed E-state index contributed by atoms with van der Waals surface area (Å²) in [5.41, 5.74) is 0.193. The number of anilines is 1. The largest absolute Gasteiger partial charge is 0.465 e. The van der Waals surface area contributed by atoms with Crippen molar-refractivity contribution in [3.05, 3.63) is 43.5 Å². The highest BCUT2D eigenvalue weighted by atomic mass is 79.9. The minimum Gasteiger partial charge on any atom is -0.465 e. The SMILES string of the molecule is COC(=O)c1sccc1NS(=O)(=O)c1cc(Br)ccc1Br. The molecule has 0 atom stereocenters. The number of thiophene rings is 1. The second-order valence-electron chi connectivity index (χ2n) is 3.84. The van der Waals surface area contributed by atoms with Gasteiger partial charge in [0.15, 0.2) is 0 Å². The molecule has 21 heavy (non-hydrogen) atoms. The highest BCUT2D eigenvalue weighted by molar-refractivity contribution is 9.11. The van der Waals surface area contributed by atoms with Gasteiger partial charge in [0, 0.05) is 8.95 Å². The molecule has 1 heterocycles. The number of benzene rings is 1. The minimum atomic E-state index is -3.83. The summed E-state index contributed by atoms with van der Waals surface area (Å²) in [6.45, 7) is 0. The molecule has 0 fully saturated rings. The molecule has 0 aliphatic rings. The number of methoxy groups -OCH3 is 1. The fourth-order valence-electron chi connectivity index (χ4n) is 1.52. The molecule has 2 aromatic rings. The van der Waals surface area contributed by atoms with Gasteiger partial charge < -0.3 is 4.74 Å². The third-order valence-corrected chi connectivity index (χ3v) is 6.21. The second kappa shape index (κ2) is 6.47. The Bertz CT molecular complexity index is 786. The Morgan fingerprint density at radius 3 is 2.67 bits per heavy atom. The maximum Gasteiger partial charge on any atom is 0.350 e. The number of hydrogen-bond donors (Lipinski definition) is 1. The summed E-state index contributed by atoms with van der Waals surface area (Å²) in [5, 5.41) is 1.61. The van der Waals surface area contributed by atoms with Crippen LogP contribution < -0.4 is 4.72 Å². The van der Waals surface area contributed by atoms with Crippen molar-refractivity contribution in [1.29, 1.82) is 0 Å². The van der Waals surface area contributed by atoms with Gasteiger partial charge in [0.1, 0.15) is 9.77 Å². The quantitative estimate of drug-likeness (QED) is 0.712. The molecule has 0 spiro atoms. The third kappa shape index (κ3) is 3.65. The Balaban J connectivity index is 2.41. The van der Waals surface area contributed by atoms with Crippen LogP contribution in [0.25, 0.3) is 0 Å². The average Bonchev–Trinajstić information content (AvgIpc) is 2.87. The molecule has 0 bridgehead atoms. The van der Waals surface area contributed by atoms with Crippen LogP contribution in [0.3, 0.4) is 0 Å². The first-order chi connectivity index (χ1) is 9.85. The number of sulfonamides is 1. The van der Waals surface area contributed by atoms with E-state index in [0.717, 1.165) is 11.3 Å². The van der Waals surface area contributed by atoms with Crippen molar-refractivity contribution in [2.24, 2.45) is 0 Å².